The molecular formula is C12H18N2O4. The summed E-state index contributed by atoms with van der Waals surface area (Å²) in [4.78, 5) is 10.5. The van der Waals surface area contributed by atoms with Crippen molar-refractivity contribution in [3.05, 3.63) is 33.9 Å². The highest BCUT2D eigenvalue weighted by Crippen LogP contribution is 2.28. The van der Waals surface area contributed by atoms with Gasteiger partial charge in [-0.15, -0.1) is 0 Å². The number of nitro groups is 1. The second-order valence-electron chi connectivity index (χ2n) is 3.97. The van der Waals surface area contributed by atoms with Gasteiger partial charge in [-0.2, -0.15) is 0 Å². The second kappa shape index (κ2) is 6.93. The van der Waals surface area contributed by atoms with E-state index in [0.717, 1.165) is 5.56 Å². The third kappa shape index (κ3) is 3.97. The van der Waals surface area contributed by atoms with Crippen LogP contribution >= 0.6 is 0 Å². The highest BCUT2D eigenvalue weighted by Gasteiger charge is 2.17. The third-order valence-corrected chi connectivity index (χ3v) is 2.33. The van der Waals surface area contributed by atoms with Crippen LogP contribution in [0, 0.1) is 10.1 Å². The fourth-order valence-electron chi connectivity index (χ4n) is 1.60. The molecule has 0 fully saturated rings. The summed E-state index contributed by atoms with van der Waals surface area (Å²) in [6.45, 7) is 2.82. The summed E-state index contributed by atoms with van der Waals surface area (Å²) in [6, 6.07) is 4.85. The zero-order valence-electron chi connectivity index (χ0n) is 10.8. The lowest BCUT2D eigenvalue weighted by Crippen LogP contribution is -2.18. The summed E-state index contributed by atoms with van der Waals surface area (Å²) < 4.78 is 10.5. The molecule has 0 bridgehead atoms. The molecule has 100 valence electrons. The Morgan fingerprint density at radius 2 is 2.22 bits per heavy atom. The monoisotopic (exact) mass is 254 g/mol. The van der Waals surface area contributed by atoms with E-state index >= 15 is 0 Å². The van der Waals surface area contributed by atoms with Crippen molar-refractivity contribution >= 4 is 5.69 Å². The minimum absolute atomic E-state index is 0.0298. The number of rotatable bonds is 7. The minimum atomic E-state index is -0.446. The Kier molecular flexibility index (Phi) is 5.54. The van der Waals surface area contributed by atoms with Gasteiger partial charge < -0.3 is 14.8 Å². The van der Waals surface area contributed by atoms with E-state index in [4.69, 9.17) is 9.47 Å². The molecule has 0 saturated heterocycles. The minimum Gasteiger partial charge on any atom is -0.481 e. The molecule has 18 heavy (non-hydrogen) atoms. The molecule has 0 aliphatic carbocycles. The maximum atomic E-state index is 10.9. The van der Waals surface area contributed by atoms with Gasteiger partial charge in [-0.05, 0) is 25.6 Å². The molecule has 0 aliphatic heterocycles. The number of nitrogens with one attached hydrogen (secondary N) is 1. The highest BCUT2D eigenvalue weighted by molar-refractivity contribution is 5.48. The summed E-state index contributed by atoms with van der Waals surface area (Å²) in [6.07, 6.45) is -0.237. The van der Waals surface area contributed by atoms with Crippen LogP contribution in [0.15, 0.2) is 18.2 Å². The second-order valence-corrected chi connectivity index (χ2v) is 3.97. The Balaban J connectivity index is 2.95. The van der Waals surface area contributed by atoms with E-state index in [1.807, 2.05) is 7.05 Å². The molecule has 0 amide bonds. The lowest BCUT2D eigenvalue weighted by atomic mass is 10.2. The molecule has 0 aliphatic rings. The van der Waals surface area contributed by atoms with Crippen LogP contribution in [0.5, 0.6) is 5.75 Å². The van der Waals surface area contributed by atoms with Gasteiger partial charge in [0, 0.05) is 19.7 Å². The van der Waals surface area contributed by atoms with Crippen LogP contribution in [0.1, 0.15) is 12.5 Å². The molecule has 1 unspecified atom stereocenters. The number of nitrogens with zero attached hydrogens (tertiary/aromatic N) is 1. The lowest BCUT2D eigenvalue weighted by molar-refractivity contribution is -0.386. The molecule has 1 N–H and O–H groups in total. The van der Waals surface area contributed by atoms with E-state index in [9.17, 15) is 10.1 Å². The van der Waals surface area contributed by atoms with Gasteiger partial charge in [-0.25, -0.2) is 0 Å². The Morgan fingerprint density at radius 1 is 1.50 bits per heavy atom. The van der Waals surface area contributed by atoms with E-state index in [1.54, 1.807) is 26.2 Å². The first-order chi connectivity index (χ1) is 8.58. The molecule has 0 spiro atoms. The first kappa shape index (κ1) is 14.4. The van der Waals surface area contributed by atoms with Crippen LogP contribution in [0.3, 0.4) is 0 Å². The first-order valence-corrected chi connectivity index (χ1v) is 5.66. The van der Waals surface area contributed by atoms with Crippen LogP contribution in [-0.2, 0) is 11.3 Å². The number of benzene rings is 1. The number of hydrogen-bond donors (Lipinski definition) is 1. The lowest BCUT2D eigenvalue weighted by Gasteiger charge is -2.14. The Bertz CT molecular complexity index is 409. The maximum absolute atomic E-state index is 10.9. The van der Waals surface area contributed by atoms with Crippen LogP contribution < -0.4 is 10.1 Å². The smallest absolute Gasteiger partial charge is 0.310 e. The molecule has 1 aromatic carbocycles. The quantitative estimate of drug-likeness (QED) is 0.592. The van der Waals surface area contributed by atoms with Gasteiger partial charge in [-0.1, -0.05) is 6.07 Å². The van der Waals surface area contributed by atoms with Crippen molar-refractivity contribution in [1.82, 2.24) is 5.32 Å². The number of methoxy groups -OCH3 is 1. The fraction of sp³-hybridized carbons (Fsp3) is 0.500. The Labute approximate surface area is 106 Å². The van der Waals surface area contributed by atoms with Gasteiger partial charge in [0.15, 0.2) is 5.75 Å². The van der Waals surface area contributed by atoms with E-state index in [2.05, 4.69) is 5.32 Å². The summed E-state index contributed by atoms with van der Waals surface area (Å²) >= 11 is 0. The van der Waals surface area contributed by atoms with Gasteiger partial charge in [0.05, 0.1) is 11.5 Å². The molecule has 0 heterocycles. The predicted octanol–water partition coefficient (Wildman–Crippen LogP) is 1.73. The molecule has 1 atom stereocenters. The summed E-state index contributed by atoms with van der Waals surface area (Å²) in [5, 5.41) is 13.9. The molecule has 6 nitrogen and oxygen atoms in total. The Morgan fingerprint density at radius 3 is 2.78 bits per heavy atom. The number of nitro benzene ring substituents is 1. The molecule has 1 rings (SSSR count). The van der Waals surface area contributed by atoms with E-state index in [-0.39, 0.29) is 17.5 Å². The van der Waals surface area contributed by atoms with Crippen LogP contribution in [-0.4, -0.2) is 31.8 Å². The first-order valence-electron chi connectivity index (χ1n) is 5.66. The molecule has 0 aromatic heterocycles. The van der Waals surface area contributed by atoms with E-state index < -0.39 is 4.92 Å². The van der Waals surface area contributed by atoms with Crippen molar-refractivity contribution in [3.8, 4) is 5.75 Å². The normalized spacial score (nSPS) is 12.2. The maximum Gasteiger partial charge on any atom is 0.310 e. The van der Waals surface area contributed by atoms with E-state index in [0.29, 0.717) is 13.2 Å². The highest BCUT2D eigenvalue weighted by atomic mass is 16.6. The summed E-state index contributed by atoms with van der Waals surface area (Å²) in [5.41, 5.74) is 0.903. The van der Waals surface area contributed by atoms with Gasteiger partial charge in [0.1, 0.15) is 6.10 Å². The van der Waals surface area contributed by atoms with Gasteiger partial charge in [0.2, 0.25) is 0 Å². The van der Waals surface area contributed by atoms with E-state index in [1.165, 1.54) is 6.07 Å². The molecule has 0 radical (unpaired) electrons. The average Bonchev–Trinajstić information content (AvgIpc) is 2.29. The zero-order chi connectivity index (χ0) is 13.5. The fourth-order valence-corrected chi connectivity index (χ4v) is 1.60. The topological polar surface area (TPSA) is 73.6 Å². The molecular weight excluding hydrogens is 236 g/mol. The molecule has 1 aromatic rings. The standard InChI is InChI=1S/C12H18N2O4/c1-9(8-17-3)18-12-6-10(7-13-2)4-5-11(12)14(15)16/h4-6,9,13H,7-8H2,1-3H3. The predicted molar refractivity (Wildman–Crippen MR) is 67.8 cm³/mol. The number of ether oxygens (including phenoxy) is 2. The molecule has 6 heteroatoms. The van der Waals surface area contributed by atoms with Gasteiger partial charge in [-0.3, -0.25) is 10.1 Å². The third-order valence-electron chi connectivity index (χ3n) is 2.33. The van der Waals surface area contributed by atoms with Gasteiger partial charge in [0.25, 0.3) is 0 Å². The van der Waals surface area contributed by atoms with Gasteiger partial charge >= 0.3 is 5.69 Å². The number of hydrogen-bond acceptors (Lipinski definition) is 5. The van der Waals surface area contributed by atoms with Crippen molar-refractivity contribution < 1.29 is 14.4 Å². The SMILES string of the molecule is CNCc1ccc([N+](=O)[O-])c(OC(C)COC)c1. The Hall–Kier alpha value is -1.66. The van der Waals surface area contributed by atoms with Crippen molar-refractivity contribution in [1.29, 1.82) is 0 Å². The van der Waals surface area contributed by atoms with Crippen LogP contribution in [0.2, 0.25) is 0 Å². The summed E-state index contributed by atoms with van der Waals surface area (Å²) in [7, 11) is 3.38. The van der Waals surface area contributed by atoms with Crippen molar-refractivity contribution in [2.75, 3.05) is 20.8 Å². The summed E-state index contributed by atoms with van der Waals surface area (Å²) in [5.74, 6) is 0.275. The van der Waals surface area contributed by atoms with Crippen LogP contribution in [0.4, 0.5) is 5.69 Å². The average molecular weight is 254 g/mol. The van der Waals surface area contributed by atoms with Crippen molar-refractivity contribution in [2.45, 2.75) is 19.6 Å². The molecule has 0 saturated carbocycles. The largest absolute Gasteiger partial charge is 0.481 e. The van der Waals surface area contributed by atoms with Crippen molar-refractivity contribution in [3.63, 3.8) is 0 Å². The van der Waals surface area contributed by atoms with Crippen LogP contribution in [0.25, 0.3) is 0 Å². The van der Waals surface area contributed by atoms with Crippen molar-refractivity contribution in [2.24, 2.45) is 0 Å². The zero-order valence-corrected chi connectivity index (χ0v) is 10.8.